The van der Waals surface area contributed by atoms with Crippen LogP contribution in [0.15, 0.2) is 64.5 Å². The summed E-state index contributed by atoms with van der Waals surface area (Å²) in [6, 6.07) is 15.8. The molecular weight excluding hydrogens is 372 g/mol. The van der Waals surface area contributed by atoms with Crippen molar-refractivity contribution in [2.45, 2.75) is 25.9 Å². The van der Waals surface area contributed by atoms with E-state index in [1.165, 1.54) is 5.01 Å². The van der Waals surface area contributed by atoms with Crippen molar-refractivity contribution in [3.05, 3.63) is 70.8 Å². The number of carbonyl (C=O) groups is 2. The van der Waals surface area contributed by atoms with Gasteiger partial charge in [0.2, 0.25) is 5.91 Å². The lowest BCUT2D eigenvalue weighted by Gasteiger charge is -2.23. The highest BCUT2D eigenvalue weighted by Gasteiger charge is 2.28. The van der Waals surface area contributed by atoms with E-state index in [-0.39, 0.29) is 35.8 Å². The lowest BCUT2D eigenvalue weighted by atomic mass is 10.1. The number of hydrazone groups is 1. The first-order valence-electron chi connectivity index (χ1n) is 9.18. The smallest absolute Gasteiger partial charge is 0.355 e. The van der Waals surface area contributed by atoms with Crippen LogP contribution in [-0.4, -0.2) is 27.6 Å². The van der Waals surface area contributed by atoms with Gasteiger partial charge in [-0.05, 0) is 31.2 Å². The van der Waals surface area contributed by atoms with Gasteiger partial charge >= 0.3 is 5.97 Å². The van der Waals surface area contributed by atoms with Crippen molar-refractivity contribution >= 4 is 34.2 Å². The molecule has 8 nitrogen and oxygen atoms in total. The average Bonchev–Trinajstić information content (AvgIpc) is 2.74. The minimum absolute atomic E-state index is 0.142. The van der Waals surface area contributed by atoms with E-state index >= 15 is 0 Å². The summed E-state index contributed by atoms with van der Waals surface area (Å²) in [7, 11) is 0. The van der Waals surface area contributed by atoms with Crippen LogP contribution in [0, 0.1) is 0 Å². The van der Waals surface area contributed by atoms with Gasteiger partial charge in [0.25, 0.3) is 5.56 Å². The van der Waals surface area contributed by atoms with E-state index < -0.39 is 12.1 Å². The normalized spacial score (nSPS) is 15.1. The monoisotopic (exact) mass is 390 g/mol. The number of aromatic amines is 1. The van der Waals surface area contributed by atoms with Crippen LogP contribution < -0.4 is 10.6 Å². The predicted molar refractivity (Wildman–Crippen MR) is 107 cm³/mol. The minimum Gasteiger partial charge on any atom is -0.450 e. The fraction of sp³-hybridized carbons (Fsp3) is 0.190. The van der Waals surface area contributed by atoms with Gasteiger partial charge in [0, 0.05) is 12.8 Å². The quantitative estimate of drug-likeness (QED) is 0.690. The summed E-state index contributed by atoms with van der Waals surface area (Å²) in [6.07, 6.45) is -0.442. The molecule has 1 unspecified atom stereocenters. The van der Waals surface area contributed by atoms with E-state index in [0.717, 1.165) is 0 Å². The van der Waals surface area contributed by atoms with Gasteiger partial charge in [0.1, 0.15) is 5.71 Å². The molecule has 2 heterocycles. The molecule has 1 amide bonds. The van der Waals surface area contributed by atoms with E-state index in [4.69, 9.17) is 4.74 Å². The molecular formula is C21H18N4O4. The Morgan fingerprint density at radius 3 is 2.59 bits per heavy atom. The van der Waals surface area contributed by atoms with Crippen molar-refractivity contribution in [1.82, 2.24) is 9.97 Å². The molecule has 3 aromatic rings. The first-order chi connectivity index (χ1) is 14.0. The maximum Gasteiger partial charge on any atom is 0.355 e. The maximum atomic E-state index is 12.6. The molecule has 2 aromatic carbocycles. The first-order valence-corrected chi connectivity index (χ1v) is 9.18. The summed E-state index contributed by atoms with van der Waals surface area (Å²) in [5, 5.41) is 5.85. The Kier molecular flexibility index (Phi) is 4.90. The molecule has 1 atom stereocenters. The Hall–Kier alpha value is -3.81. The van der Waals surface area contributed by atoms with Crippen molar-refractivity contribution in [2.75, 3.05) is 5.01 Å². The molecule has 8 heteroatoms. The number of esters is 1. The predicted octanol–water partition coefficient (Wildman–Crippen LogP) is 2.71. The molecule has 1 N–H and O–H groups in total. The van der Waals surface area contributed by atoms with Crippen molar-refractivity contribution in [3.8, 4) is 0 Å². The standard InChI is InChI=1S/C21H18N4O4/c1-13(19-22-16-10-6-5-9-15(16)20(27)23-19)29-21(28)17-11-12-18(26)25(24-17)14-7-3-2-4-8-14/h2-10,13H,11-12H2,1H3,(H,22,23,27). The second-order valence-electron chi connectivity index (χ2n) is 6.60. The first kappa shape index (κ1) is 18.5. The molecule has 0 fully saturated rings. The molecule has 0 bridgehead atoms. The fourth-order valence-electron chi connectivity index (χ4n) is 3.05. The summed E-state index contributed by atoms with van der Waals surface area (Å²) >= 11 is 0. The van der Waals surface area contributed by atoms with Gasteiger partial charge in [-0.2, -0.15) is 5.10 Å². The third-order valence-electron chi connectivity index (χ3n) is 4.57. The van der Waals surface area contributed by atoms with Crippen LogP contribution >= 0.6 is 0 Å². The van der Waals surface area contributed by atoms with Crippen molar-refractivity contribution < 1.29 is 14.3 Å². The fourth-order valence-corrected chi connectivity index (χ4v) is 3.05. The number of H-pyrrole nitrogens is 1. The van der Waals surface area contributed by atoms with Gasteiger partial charge in [-0.3, -0.25) is 9.59 Å². The number of nitrogens with zero attached hydrogens (tertiary/aromatic N) is 3. The highest BCUT2D eigenvalue weighted by atomic mass is 16.5. The van der Waals surface area contributed by atoms with Crippen LogP contribution in [0.1, 0.15) is 31.7 Å². The Balaban J connectivity index is 1.56. The van der Waals surface area contributed by atoms with Crippen molar-refractivity contribution in [3.63, 3.8) is 0 Å². The highest BCUT2D eigenvalue weighted by molar-refractivity contribution is 6.38. The molecule has 0 saturated heterocycles. The Bertz CT molecular complexity index is 1170. The number of hydrogen-bond acceptors (Lipinski definition) is 6. The second-order valence-corrected chi connectivity index (χ2v) is 6.60. The largest absolute Gasteiger partial charge is 0.450 e. The Morgan fingerprint density at radius 2 is 1.79 bits per heavy atom. The van der Waals surface area contributed by atoms with Gasteiger partial charge in [-0.15, -0.1) is 0 Å². The molecule has 4 rings (SSSR count). The summed E-state index contributed by atoms with van der Waals surface area (Å²) in [5.41, 5.74) is 0.939. The van der Waals surface area contributed by atoms with E-state index in [1.54, 1.807) is 55.5 Å². The second kappa shape index (κ2) is 7.67. The Morgan fingerprint density at radius 1 is 1.07 bits per heavy atom. The van der Waals surface area contributed by atoms with Crippen LogP contribution in [0.4, 0.5) is 5.69 Å². The average molecular weight is 390 g/mol. The molecule has 1 aliphatic heterocycles. The molecule has 1 aromatic heterocycles. The number of hydrogen-bond donors (Lipinski definition) is 1. The summed E-state index contributed by atoms with van der Waals surface area (Å²) in [5.74, 6) is -0.600. The van der Waals surface area contributed by atoms with E-state index in [9.17, 15) is 14.4 Å². The van der Waals surface area contributed by atoms with Crippen LogP contribution in [0.5, 0.6) is 0 Å². The maximum absolute atomic E-state index is 12.6. The van der Waals surface area contributed by atoms with Crippen LogP contribution in [0.25, 0.3) is 10.9 Å². The van der Waals surface area contributed by atoms with Crippen LogP contribution in [0.2, 0.25) is 0 Å². The lowest BCUT2D eigenvalue weighted by molar-refractivity contribution is -0.140. The number of amides is 1. The zero-order valence-electron chi connectivity index (χ0n) is 15.7. The topological polar surface area (TPSA) is 105 Å². The number of aromatic nitrogens is 2. The van der Waals surface area contributed by atoms with Crippen molar-refractivity contribution in [1.29, 1.82) is 0 Å². The van der Waals surface area contributed by atoms with E-state index in [1.807, 2.05) is 6.07 Å². The summed E-state index contributed by atoms with van der Waals surface area (Å²) in [4.78, 5) is 44.0. The molecule has 1 aliphatic rings. The molecule has 29 heavy (non-hydrogen) atoms. The van der Waals surface area contributed by atoms with E-state index in [2.05, 4.69) is 15.1 Å². The molecule has 0 spiro atoms. The number of rotatable bonds is 4. The Labute approximate surface area is 165 Å². The SMILES string of the molecule is CC(OC(=O)C1=NN(c2ccccc2)C(=O)CC1)c1nc2ccccc2c(=O)[nH]1. The lowest BCUT2D eigenvalue weighted by Crippen LogP contribution is -2.35. The summed E-state index contributed by atoms with van der Waals surface area (Å²) < 4.78 is 5.46. The number of para-hydroxylation sites is 2. The number of benzene rings is 2. The zero-order valence-corrected chi connectivity index (χ0v) is 15.7. The van der Waals surface area contributed by atoms with Crippen LogP contribution in [-0.2, 0) is 14.3 Å². The minimum atomic E-state index is -0.787. The number of carbonyl (C=O) groups excluding carboxylic acids is 2. The number of nitrogens with one attached hydrogen (secondary N) is 1. The van der Waals surface area contributed by atoms with Gasteiger partial charge in [0.05, 0.1) is 16.6 Å². The number of anilines is 1. The third-order valence-corrected chi connectivity index (χ3v) is 4.57. The molecule has 0 saturated carbocycles. The summed E-state index contributed by atoms with van der Waals surface area (Å²) in [6.45, 7) is 1.62. The molecule has 0 aliphatic carbocycles. The van der Waals surface area contributed by atoms with Gasteiger partial charge in [0.15, 0.2) is 11.9 Å². The van der Waals surface area contributed by atoms with Crippen LogP contribution in [0.3, 0.4) is 0 Å². The van der Waals surface area contributed by atoms with Gasteiger partial charge < -0.3 is 9.72 Å². The van der Waals surface area contributed by atoms with Gasteiger partial charge in [-0.25, -0.2) is 14.8 Å². The highest BCUT2D eigenvalue weighted by Crippen LogP contribution is 2.21. The zero-order chi connectivity index (χ0) is 20.4. The van der Waals surface area contributed by atoms with E-state index in [0.29, 0.717) is 16.6 Å². The van der Waals surface area contributed by atoms with Gasteiger partial charge in [-0.1, -0.05) is 30.3 Å². The van der Waals surface area contributed by atoms with Crippen molar-refractivity contribution in [2.24, 2.45) is 5.10 Å². The number of fused-ring (bicyclic) bond motifs is 1. The number of ether oxygens (including phenoxy) is 1. The molecule has 0 radical (unpaired) electrons. The molecule has 146 valence electrons. The third kappa shape index (κ3) is 3.77.